The second kappa shape index (κ2) is 8.44. The van der Waals surface area contributed by atoms with Gasteiger partial charge in [-0.05, 0) is 60.7 Å². The predicted molar refractivity (Wildman–Crippen MR) is 107 cm³/mol. The number of carbonyl (C=O) groups is 4. The first-order chi connectivity index (χ1) is 13.6. The number of rotatable bonds is 4. The van der Waals surface area contributed by atoms with E-state index in [1.165, 1.54) is 0 Å². The summed E-state index contributed by atoms with van der Waals surface area (Å²) in [4.78, 5) is 50.0. The van der Waals surface area contributed by atoms with Crippen molar-refractivity contribution in [3.63, 3.8) is 0 Å². The summed E-state index contributed by atoms with van der Waals surface area (Å²) in [7, 11) is 0. The average Bonchev–Trinajstić information content (AvgIpc) is 3.01. The Labute approximate surface area is 201 Å². The Morgan fingerprint density at radius 3 is 2.47 bits per heavy atom. The fourth-order valence-corrected chi connectivity index (χ4v) is 7.94. The Morgan fingerprint density at radius 2 is 1.80 bits per heavy atom. The van der Waals surface area contributed by atoms with Gasteiger partial charge in [0.2, 0.25) is 0 Å². The Hall–Kier alpha value is -0.520. The Morgan fingerprint density at radius 1 is 1.10 bits per heavy atom. The van der Waals surface area contributed by atoms with Gasteiger partial charge in [-0.15, -0.1) is 0 Å². The van der Waals surface area contributed by atoms with E-state index >= 15 is 0 Å². The number of carboxylic acids is 1. The number of Topliss-reactive ketones (excluding diaryl/α,β-unsaturated/α-hetero) is 3. The molecule has 160 valence electrons. The minimum Gasteiger partial charge on any atom is -0.481 e. The minimum atomic E-state index is -0.792. The van der Waals surface area contributed by atoms with Gasteiger partial charge in [-0.1, -0.05) is 20.8 Å². The summed E-state index contributed by atoms with van der Waals surface area (Å²) in [6, 6.07) is 0. The average molecular weight is 426 g/mol. The number of carboxylic acid groups (broad SMARTS) is 1. The Kier molecular flexibility index (Phi) is 6.79. The SMILES string of the molecule is C[C@H](CCC(=O)O)[C@H]1CCC2C3C(=O)CC4CC(=O)CC[C@]4(C)C3CC(=O)[C@@]21C.[Na+]. The second-order valence-electron chi connectivity index (χ2n) is 10.9. The van der Waals surface area contributed by atoms with Gasteiger partial charge in [0, 0.05) is 43.4 Å². The monoisotopic (exact) mass is 425 g/mol. The molecule has 0 heterocycles. The molecule has 0 aliphatic heterocycles. The fraction of sp³-hybridized carbons (Fsp3) is 0.833. The van der Waals surface area contributed by atoms with Gasteiger partial charge in [-0.3, -0.25) is 19.2 Å². The van der Waals surface area contributed by atoms with Gasteiger partial charge in [0.1, 0.15) is 17.3 Å². The van der Waals surface area contributed by atoms with Crippen LogP contribution in [0.25, 0.3) is 0 Å². The van der Waals surface area contributed by atoms with Gasteiger partial charge in [0.05, 0.1) is 0 Å². The van der Waals surface area contributed by atoms with Crippen LogP contribution in [0, 0.1) is 46.3 Å². The molecule has 4 saturated carbocycles. The van der Waals surface area contributed by atoms with Gasteiger partial charge < -0.3 is 5.11 Å². The number of hydrogen-bond acceptors (Lipinski definition) is 4. The molecule has 0 aromatic carbocycles. The molecule has 0 amide bonds. The standard InChI is InChI=1S/C24H34O5.Na/c1-13(4-7-21(28)29)16-5-6-17-22-18(12-20(27)24(16,17)3)23(2)9-8-15(25)10-14(23)11-19(22)26;/h13-14,16-18,22H,4-12H2,1-3H3,(H,28,29);/q;+1/t13-,14?,16-,17?,18?,22?,23+,24-;/m1./s1. The van der Waals surface area contributed by atoms with Crippen LogP contribution in [0.2, 0.25) is 0 Å². The first kappa shape index (κ1) is 24.1. The van der Waals surface area contributed by atoms with Crippen molar-refractivity contribution >= 4 is 23.3 Å². The summed E-state index contributed by atoms with van der Waals surface area (Å²) < 4.78 is 0. The molecule has 0 radical (unpaired) electrons. The van der Waals surface area contributed by atoms with Gasteiger partial charge >= 0.3 is 35.5 Å². The van der Waals surface area contributed by atoms with Crippen LogP contribution >= 0.6 is 0 Å². The Balaban J connectivity index is 0.00000256. The van der Waals surface area contributed by atoms with E-state index in [-0.39, 0.29) is 94.3 Å². The number of aliphatic carboxylic acids is 1. The summed E-state index contributed by atoms with van der Waals surface area (Å²) in [6.45, 7) is 6.37. The van der Waals surface area contributed by atoms with E-state index < -0.39 is 11.4 Å². The molecule has 0 bridgehead atoms. The molecular weight excluding hydrogens is 391 g/mol. The van der Waals surface area contributed by atoms with Crippen LogP contribution in [0.1, 0.15) is 78.6 Å². The van der Waals surface area contributed by atoms with Crippen molar-refractivity contribution in [3.05, 3.63) is 0 Å². The maximum absolute atomic E-state index is 13.6. The molecule has 0 spiro atoms. The van der Waals surface area contributed by atoms with Gasteiger partial charge in [-0.25, -0.2) is 0 Å². The number of ketones is 3. The van der Waals surface area contributed by atoms with Crippen LogP contribution in [0.15, 0.2) is 0 Å². The van der Waals surface area contributed by atoms with E-state index in [1.807, 2.05) is 0 Å². The first-order valence-electron chi connectivity index (χ1n) is 11.4. The van der Waals surface area contributed by atoms with Crippen LogP contribution in [-0.2, 0) is 19.2 Å². The zero-order chi connectivity index (χ0) is 21.1. The summed E-state index contributed by atoms with van der Waals surface area (Å²) in [6.07, 6.45) is 5.33. The van der Waals surface area contributed by atoms with E-state index in [9.17, 15) is 19.2 Å². The number of carbonyl (C=O) groups excluding carboxylic acids is 3. The van der Waals surface area contributed by atoms with Crippen molar-refractivity contribution < 1.29 is 53.8 Å². The zero-order valence-corrected chi connectivity index (χ0v) is 20.9. The van der Waals surface area contributed by atoms with Crippen LogP contribution in [0.3, 0.4) is 0 Å². The summed E-state index contributed by atoms with van der Waals surface area (Å²) in [5.41, 5.74) is -0.598. The molecule has 4 aliphatic carbocycles. The van der Waals surface area contributed by atoms with Crippen LogP contribution in [0.4, 0.5) is 0 Å². The van der Waals surface area contributed by atoms with E-state index in [1.54, 1.807) is 0 Å². The smallest absolute Gasteiger partial charge is 0.481 e. The Bertz CT molecular complexity index is 763. The molecule has 4 aliphatic rings. The van der Waals surface area contributed by atoms with Gasteiger partial charge in [0.15, 0.2) is 0 Å². The maximum Gasteiger partial charge on any atom is 1.00 e. The topological polar surface area (TPSA) is 88.5 Å². The van der Waals surface area contributed by atoms with Crippen molar-refractivity contribution in [1.29, 1.82) is 0 Å². The number of hydrogen-bond donors (Lipinski definition) is 1. The molecule has 5 nitrogen and oxygen atoms in total. The molecule has 6 heteroatoms. The van der Waals surface area contributed by atoms with E-state index in [0.717, 1.165) is 19.3 Å². The van der Waals surface area contributed by atoms with Crippen molar-refractivity contribution in [3.8, 4) is 0 Å². The van der Waals surface area contributed by atoms with Crippen molar-refractivity contribution in [2.45, 2.75) is 78.6 Å². The van der Waals surface area contributed by atoms with Crippen LogP contribution in [-0.4, -0.2) is 28.4 Å². The van der Waals surface area contributed by atoms with Crippen LogP contribution in [0.5, 0.6) is 0 Å². The molecule has 4 unspecified atom stereocenters. The van der Waals surface area contributed by atoms with Gasteiger partial charge in [-0.2, -0.15) is 0 Å². The van der Waals surface area contributed by atoms with Crippen molar-refractivity contribution in [1.82, 2.24) is 0 Å². The molecule has 30 heavy (non-hydrogen) atoms. The summed E-state index contributed by atoms with van der Waals surface area (Å²) in [5, 5.41) is 9.06. The normalized spacial score (nSPS) is 43.8. The maximum atomic E-state index is 13.6. The third-order valence-corrected chi connectivity index (χ3v) is 9.72. The van der Waals surface area contributed by atoms with E-state index in [0.29, 0.717) is 32.1 Å². The molecule has 0 aromatic rings. The second-order valence-corrected chi connectivity index (χ2v) is 10.9. The largest absolute Gasteiger partial charge is 1.00 e. The van der Waals surface area contributed by atoms with Crippen LogP contribution < -0.4 is 29.6 Å². The molecule has 8 atom stereocenters. The molecule has 4 fully saturated rings. The summed E-state index contributed by atoms with van der Waals surface area (Å²) in [5.74, 6) is 0.524. The fourth-order valence-electron chi connectivity index (χ4n) is 7.94. The molecular formula is C24H34NaO5+. The molecule has 1 N–H and O–H groups in total. The van der Waals surface area contributed by atoms with Crippen molar-refractivity contribution in [2.24, 2.45) is 46.3 Å². The molecule has 0 aromatic heterocycles. The molecule has 4 rings (SSSR count). The van der Waals surface area contributed by atoms with E-state index in [4.69, 9.17) is 5.11 Å². The van der Waals surface area contributed by atoms with Crippen molar-refractivity contribution in [2.75, 3.05) is 0 Å². The predicted octanol–water partition coefficient (Wildman–Crippen LogP) is 1.08. The molecule has 0 saturated heterocycles. The first-order valence-corrected chi connectivity index (χ1v) is 11.4. The third kappa shape index (κ3) is 3.57. The third-order valence-electron chi connectivity index (χ3n) is 9.72. The summed E-state index contributed by atoms with van der Waals surface area (Å²) >= 11 is 0. The number of fused-ring (bicyclic) bond motifs is 5. The minimum absolute atomic E-state index is 0. The zero-order valence-electron chi connectivity index (χ0n) is 18.9. The van der Waals surface area contributed by atoms with E-state index in [2.05, 4.69) is 20.8 Å². The van der Waals surface area contributed by atoms with Gasteiger partial charge in [0.25, 0.3) is 0 Å². The quantitative estimate of drug-likeness (QED) is 0.681.